The van der Waals surface area contributed by atoms with Gasteiger partial charge in [0, 0.05) is 5.25 Å². The van der Waals surface area contributed by atoms with E-state index in [0.717, 1.165) is 16.8 Å². The van der Waals surface area contributed by atoms with Crippen molar-refractivity contribution in [3.05, 3.63) is 11.7 Å². The molecular weight excluding hydrogens is 236 g/mol. The second-order valence-corrected chi connectivity index (χ2v) is 6.02. The van der Waals surface area contributed by atoms with Gasteiger partial charge >= 0.3 is 0 Å². The molecule has 0 aliphatic heterocycles. The van der Waals surface area contributed by atoms with E-state index in [1.54, 1.807) is 6.92 Å². The molecule has 0 spiro atoms. The summed E-state index contributed by atoms with van der Waals surface area (Å²) in [4.78, 5) is 4.28. The van der Waals surface area contributed by atoms with E-state index in [2.05, 4.69) is 10.1 Å². The average molecular weight is 256 g/mol. The van der Waals surface area contributed by atoms with Crippen LogP contribution in [0.15, 0.2) is 4.52 Å². The molecule has 0 saturated heterocycles. The van der Waals surface area contributed by atoms with E-state index in [1.807, 2.05) is 11.8 Å². The number of hydrogen-bond acceptors (Lipinski definition) is 5. The van der Waals surface area contributed by atoms with E-state index >= 15 is 0 Å². The van der Waals surface area contributed by atoms with Gasteiger partial charge in [0.25, 0.3) is 0 Å². The normalized spacial score (nSPS) is 19.4. The summed E-state index contributed by atoms with van der Waals surface area (Å²) in [6.07, 6.45) is 6.77. The Morgan fingerprint density at radius 1 is 1.41 bits per heavy atom. The lowest BCUT2D eigenvalue weighted by molar-refractivity contribution is 0.181. The van der Waals surface area contributed by atoms with E-state index in [-0.39, 0.29) is 0 Å². The molecule has 1 atom stereocenters. The van der Waals surface area contributed by atoms with Crippen LogP contribution in [-0.2, 0) is 12.2 Å². The van der Waals surface area contributed by atoms with E-state index in [1.165, 1.54) is 32.1 Å². The average Bonchev–Trinajstić information content (AvgIpc) is 2.75. The summed E-state index contributed by atoms with van der Waals surface area (Å²) in [5.41, 5.74) is 0. The van der Waals surface area contributed by atoms with Crippen molar-refractivity contribution in [2.45, 2.75) is 62.6 Å². The largest absolute Gasteiger partial charge is 0.393 e. The predicted molar refractivity (Wildman–Crippen MR) is 67.9 cm³/mol. The van der Waals surface area contributed by atoms with Crippen LogP contribution in [0.4, 0.5) is 0 Å². The minimum atomic E-state index is -0.422. The molecule has 0 radical (unpaired) electrons. The van der Waals surface area contributed by atoms with Crippen LogP contribution in [0.2, 0.25) is 0 Å². The molecule has 1 aromatic rings. The van der Waals surface area contributed by atoms with E-state index in [9.17, 15) is 5.11 Å². The molecule has 2 rings (SSSR count). The van der Waals surface area contributed by atoms with E-state index in [4.69, 9.17) is 4.52 Å². The van der Waals surface area contributed by atoms with Crippen LogP contribution in [0.25, 0.3) is 0 Å². The van der Waals surface area contributed by atoms with E-state index < -0.39 is 6.10 Å². The summed E-state index contributed by atoms with van der Waals surface area (Å²) in [6, 6.07) is 0. The number of aliphatic hydroxyl groups is 1. The molecule has 0 aromatic carbocycles. The van der Waals surface area contributed by atoms with Crippen LogP contribution in [0.1, 0.15) is 50.7 Å². The molecule has 1 heterocycles. The summed E-state index contributed by atoms with van der Waals surface area (Å²) in [6.45, 7) is 1.72. The minimum absolute atomic E-state index is 0.422. The maximum Gasteiger partial charge on any atom is 0.229 e. The third-order valence-corrected chi connectivity index (χ3v) is 4.35. The van der Waals surface area contributed by atoms with Gasteiger partial charge in [-0.3, -0.25) is 0 Å². The Hall–Kier alpha value is -0.550. The lowest BCUT2D eigenvalue weighted by atomic mass is 10.0. The first-order valence-corrected chi connectivity index (χ1v) is 7.40. The first kappa shape index (κ1) is 12.9. The topological polar surface area (TPSA) is 59.2 Å². The molecule has 1 N–H and O–H groups in total. The number of aliphatic hydroxyl groups excluding tert-OH is 1. The quantitative estimate of drug-likeness (QED) is 0.877. The molecule has 1 fully saturated rings. The van der Waals surface area contributed by atoms with Crippen molar-refractivity contribution in [1.82, 2.24) is 10.1 Å². The maximum atomic E-state index is 9.22. The highest BCUT2D eigenvalue weighted by Gasteiger charge is 2.15. The van der Waals surface area contributed by atoms with Gasteiger partial charge in [0.15, 0.2) is 5.82 Å². The second-order valence-electron chi connectivity index (χ2n) is 4.73. The summed E-state index contributed by atoms with van der Waals surface area (Å²) in [5.74, 6) is 2.13. The first-order chi connectivity index (χ1) is 8.24. The molecular formula is C12H20N2O2S. The Labute approximate surface area is 106 Å². The van der Waals surface area contributed by atoms with Gasteiger partial charge in [-0.15, -0.1) is 0 Å². The standard InChI is InChI=1S/C12H20N2O2S/c1-9(15)7-12-13-11(14-16-12)8-17-10-5-3-2-4-6-10/h9-10,15H,2-8H2,1H3. The molecule has 1 aliphatic carbocycles. The lowest BCUT2D eigenvalue weighted by Crippen LogP contribution is -2.08. The molecule has 4 nitrogen and oxygen atoms in total. The van der Waals surface area contributed by atoms with Crippen LogP contribution in [0, 0.1) is 0 Å². The predicted octanol–water partition coefficient (Wildman–Crippen LogP) is 2.56. The summed E-state index contributed by atoms with van der Waals surface area (Å²) < 4.78 is 5.08. The van der Waals surface area contributed by atoms with Gasteiger partial charge in [0.2, 0.25) is 5.89 Å². The highest BCUT2D eigenvalue weighted by molar-refractivity contribution is 7.99. The van der Waals surface area contributed by atoms with Crippen molar-refractivity contribution in [2.75, 3.05) is 0 Å². The Balaban J connectivity index is 1.76. The number of nitrogens with zero attached hydrogens (tertiary/aromatic N) is 2. The van der Waals surface area contributed by atoms with Gasteiger partial charge in [0.1, 0.15) is 0 Å². The van der Waals surface area contributed by atoms with Crippen molar-refractivity contribution < 1.29 is 9.63 Å². The van der Waals surface area contributed by atoms with Gasteiger partial charge in [-0.05, 0) is 19.8 Å². The van der Waals surface area contributed by atoms with Gasteiger partial charge in [-0.1, -0.05) is 24.4 Å². The molecule has 1 aliphatic rings. The van der Waals surface area contributed by atoms with Gasteiger partial charge in [-0.2, -0.15) is 16.7 Å². The summed E-state index contributed by atoms with van der Waals surface area (Å²) >= 11 is 1.94. The molecule has 0 bridgehead atoms. The molecule has 1 unspecified atom stereocenters. The SMILES string of the molecule is CC(O)Cc1nc(CSC2CCCCC2)no1. The zero-order chi connectivity index (χ0) is 12.1. The third-order valence-electron chi connectivity index (χ3n) is 2.98. The lowest BCUT2D eigenvalue weighted by Gasteiger charge is -2.19. The number of thioether (sulfide) groups is 1. The fourth-order valence-corrected chi connectivity index (χ4v) is 3.28. The first-order valence-electron chi connectivity index (χ1n) is 6.35. The monoisotopic (exact) mass is 256 g/mol. The zero-order valence-corrected chi connectivity index (χ0v) is 11.1. The molecule has 96 valence electrons. The highest BCUT2D eigenvalue weighted by Crippen LogP contribution is 2.29. The number of hydrogen-bond donors (Lipinski definition) is 1. The van der Waals surface area contributed by atoms with Crippen molar-refractivity contribution in [2.24, 2.45) is 0 Å². The van der Waals surface area contributed by atoms with Crippen molar-refractivity contribution in [3.8, 4) is 0 Å². The Kier molecular flexibility index (Phi) is 4.86. The second kappa shape index (κ2) is 6.40. The van der Waals surface area contributed by atoms with Gasteiger partial charge in [0.05, 0.1) is 18.3 Å². The molecule has 1 saturated carbocycles. The Morgan fingerprint density at radius 3 is 2.88 bits per heavy atom. The highest BCUT2D eigenvalue weighted by atomic mass is 32.2. The van der Waals surface area contributed by atoms with Crippen LogP contribution in [0.3, 0.4) is 0 Å². The number of aromatic nitrogens is 2. The van der Waals surface area contributed by atoms with Gasteiger partial charge in [-0.25, -0.2) is 0 Å². The van der Waals surface area contributed by atoms with Crippen molar-refractivity contribution >= 4 is 11.8 Å². The van der Waals surface area contributed by atoms with Crippen LogP contribution < -0.4 is 0 Å². The fourth-order valence-electron chi connectivity index (χ4n) is 2.11. The van der Waals surface area contributed by atoms with E-state index in [0.29, 0.717) is 12.3 Å². The summed E-state index contributed by atoms with van der Waals surface area (Å²) in [5, 5.41) is 13.9. The molecule has 1 aromatic heterocycles. The minimum Gasteiger partial charge on any atom is -0.393 e. The van der Waals surface area contributed by atoms with Crippen LogP contribution in [0.5, 0.6) is 0 Å². The number of rotatable bonds is 5. The zero-order valence-electron chi connectivity index (χ0n) is 10.3. The van der Waals surface area contributed by atoms with Crippen LogP contribution in [-0.4, -0.2) is 26.6 Å². The summed E-state index contributed by atoms with van der Waals surface area (Å²) in [7, 11) is 0. The van der Waals surface area contributed by atoms with Crippen LogP contribution >= 0.6 is 11.8 Å². The van der Waals surface area contributed by atoms with Crippen molar-refractivity contribution in [3.63, 3.8) is 0 Å². The van der Waals surface area contributed by atoms with Gasteiger partial charge < -0.3 is 9.63 Å². The molecule has 5 heteroatoms. The smallest absolute Gasteiger partial charge is 0.229 e. The Bertz CT molecular complexity index is 335. The Morgan fingerprint density at radius 2 is 2.18 bits per heavy atom. The maximum absolute atomic E-state index is 9.22. The fraction of sp³-hybridized carbons (Fsp3) is 0.833. The molecule has 17 heavy (non-hydrogen) atoms. The molecule has 0 amide bonds. The van der Waals surface area contributed by atoms with Crippen molar-refractivity contribution in [1.29, 1.82) is 0 Å². The third kappa shape index (κ3) is 4.32.